The van der Waals surface area contributed by atoms with Gasteiger partial charge in [0.25, 0.3) is 0 Å². The smallest absolute Gasteiger partial charge is 0.312 e. The van der Waals surface area contributed by atoms with Crippen molar-refractivity contribution < 1.29 is 14.1 Å². The van der Waals surface area contributed by atoms with Gasteiger partial charge in [0.15, 0.2) is 0 Å². The van der Waals surface area contributed by atoms with Gasteiger partial charge in [0.1, 0.15) is 17.2 Å². The number of aromatic nitrogens is 2. The number of nitro groups is 1. The van der Waals surface area contributed by atoms with E-state index in [9.17, 15) is 19.3 Å². The lowest BCUT2D eigenvalue weighted by Gasteiger charge is -2.36. The fourth-order valence-electron chi connectivity index (χ4n) is 3.80. The Labute approximate surface area is 169 Å². The highest BCUT2D eigenvalue weighted by atomic mass is 19.1. The number of carbonyl (C=O) groups excluding carboxylic acids is 1. The van der Waals surface area contributed by atoms with E-state index >= 15 is 0 Å². The van der Waals surface area contributed by atoms with E-state index in [0.29, 0.717) is 37.6 Å². The Morgan fingerprint density at radius 1 is 1.28 bits per heavy atom. The number of carbonyl (C=O) groups is 1. The molecule has 29 heavy (non-hydrogen) atoms. The number of hydrogen-bond acceptors (Lipinski definition) is 5. The van der Waals surface area contributed by atoms with Crippen molar-refractivity contribution in [2.24, 2.45) is 5.92 Å². The Kier molecular flexibility index (Phi) is 6.26. The first-order valence-electron chi connectivity index (χ1n) is 9.70. The molecule has 0 bridgehead atoms. The van der Waals surface area contributed by atoms with E-state index in [1.165, 1.54) is 12.1 Å². The highest BCUT2D eigenvalue weighted by Crippen LogP contribution is 2.23. The molecule has 0 N–H and O–H groups in total. The third-order valence-electron chi connectivity index (χ3n) is 5.37. The minimum Gasteiger partial charge on any atom is -0.340 e. The second-order valence-corrected chi connectivity index (χ2v) is 7.59. The maximum atomic E-state index is 13.3. The number of nitrogens with zero attached hydrogens (tertiary/aromatic N) is 5. The molecule has 1 amide bonds. The van der Waals surface area contributed by atoms with E-state index in [4.69, 9.17) is 0 Å². The van der Waals surface area contributed by atoms with Gasteiger partial charge in [-0.3, -0.25) is 24.5 Å². The zero-order valence-electron chi connectivity index (χ0n) is 17.0. The zero-order chi connectivity index (χ0) is 21.1. The molecule has 1 atom stereocenters. The van der Waals surface area contributed by atoms with Gasteiger partial charge in [0.2, 0.25) is 5.91 Å². The molecule has 1 fully saturated rings. The molecular formula is C20H26FN5O3. The fourth-order valence-corrected chi connectivity index (χ4v) is 3.80. The van der Waals surface area contributed by atoms with Gasteiger partial charge in [-0.25, -0.2) is 4.39 Å². The largest absolute Gasteiger partial charge is 0.340 e. The number of hydrogen-bond donors (Lipinski definition) is 0. The summed E-state index contributed by atoms with van der Waals surface area (Å²) in [5, 5.41) is 15.4. The lowest BCUT2D eigenvalue weighted by atomic mass is 10.1. The number of halogens is 1. The van der Waals surface area contributed by atoms with Crippen LogP contribution in [0.25, 0.3) is 0 Å². The molecule has 0 saturated carbocycles. The zero-order valence-corrected chi connectivity index (χ0v) is 17.0. The van der Waals surface area contributed by atoms with Crippen molar-refractivity contribution in [1.29, 1.82) is 0 Å². The first-order chi connectivity index (χ1) is 13.8. The molecule has 1 unspecified atom stereocenters. The van der Waals surface area contributed by atoms with Crippen molar-refractivity contribution in [2.75, 3.05) is 26.2 Å². The van der Waals surface area contributed by atoms with E-state index < -0.39 is 4.92 Å². The number of benzene rings is 1. The average molecular weight is 403 g/mol. The highest BCUT2D eigenvalue weighted by Gasteiger charge is 2.28. The van der Waals surface area contributed by atoms with Gasteiger partial charge in [-0.05, 0) is 31.5 Å². The second kappa shape index (κ2) is 8.69. The van der Waals surface area contributed by atoms with Crippen LogP contribution in [0.15, 0.2) is 24.3 Å². The lowest BCUT2D eigenvalue weighted by Crippen LogP contribution is -2.50. The van der Waals surface area contributed by atoms with Gasteiger partial charge in [0.05, 0.1) is 17.4 Å². The molecule has 1 aromatic carbocycles. The summed E-state index contributed by atoms with van der Waals surface area (Å²) < 4.78 is 14.9. The van der Waals surface area contributed by atoms with Crippen LogP contribution in [-0.4, -0.2) is 56.6 Å². The van der Waals surface area contributed by atoms with Crippen LogP contribution in [0.4, 0.5) is 10.1 Å². The minimum atomic E-state index is -0.432. The molecule has 8 nitrogen and oxygen atoms in total. The van der Waals surface area contributed by atoms with Crippen molar-refractivity contribution in [1.82, 2.24) is 19.6 Å². The predicted octanol–water partition coefficient (Wildman–Crippen LogP) is 2.53. The highest BCUT2D eigenvalue weighted by molar-refractivity contribution is 5.78. The van der Waals surface area contributed by atoms with Crippen LogP contribution in [-0.2, 0) is 17.9 Å². The van der Waals surface area contributed by atoms with Gasteiger partial charge in [0, 0.05) is 32.7 Å². The molecule has 156 valence electrons. The van der Waals surface area contributed by atoms with Gasteiger partial charge < -0.3 is 4.90 Å². The Morgan fingerprint density at radius 3 is 2.55 bits per heavy atom. The number of piperazine rings is 1. The van der Waals surface area contributed by atoms with Gasteiger partial charge in [-0.1, -0.05) is 19.1 Å². The normalized spacial score (nSPS) is 16.1. The maximum Gasteiger partial charge on any atom is 0.312 e. The van der Waals surface area contributed by atoms with Gasteiger partial charge in [-0.2, -0.15) is 5.10 Å². The van der Waals surface area contributed by atoms with E-state index in [0.717, 1.165) is 18.7 Å². The van der Waals surface area contributed by atoms with Gasteiger partial charge >= 0.3 is 5.69 Å². The quantitative estimate of drug-likeness (QED) is 0.547. The molecule has 0 aliphatic carbocycles. The summed E-state index contributed by atoms with van der Waals surface area (Å²) in [5.41, 5.74) is 1.75. The summed E-state index contributed by atoms with van der Waals surface area (Å²) in [4.78, 5) is 27.6. The maximum absolute atomic E-state index is 13.3. The van der Waals surface area contributed by atoms with Crippen molar-refractivity contribution in [2.45, 2.75) is 33.9 Å². The number of aryl methyl sites for hydroxylation is 1. The predicted molar refractivity (Wildman–Crippen MR) is 106 cm³/mol. The summed E-state index contributed by atoms with van der Waals surface area (Å²) in [6.45, 7) is 8.70. The molecule has 1 saturated heterocycles. The standard InChI is InChI=1S/C20H26FN5O3/c1-14(12-25-16(3)19(26(28)29)15(2)22-25)20(27)24-9-7-23(8-10-24)13-17-5-4-6-18(21)11-17/h4-6,11,14H,7-10,12-13H2,1-3H3. The van der Waals surface area contributed by atoms with Crippen LogP contribution < -0.4 is 0 Å². The SMILES string of the molecule is Cc1nn(CC(C)C(=O)N2CCN(Cc3cccc(F)c3)CC2)c(C)c1[N+](=O)[O-]. The Morgan fingerprint density at radius 2 is 1.97 bits per heavy atom. The summed E-state index contributed by atoms with van der Waals surface area (Å²) >= 11 is 0. The van der Waals surface area contributed by atoms with Crippen LogP contribution in [0.5, 0.6) is 0 Å². The monoisotopic (exact) mass is 403 g/mol. The number of rotatable bonds is 6. The Bertz CT molecular complexity index is 906. The third-order valence-corrected chi connectivity index (χ3v) is 5.37. The molecule has 2 aromatic rings. The van der Waals surface area contributed by atoms with Gasteiger partial charge in [-0.15, -0.1) is 0 Å². The number of amides is 1. The summed E-state index contributed by atoms with van der Waals surface area (Å²) in [6.07, 6.45) is 0. The molecule has 3 rings (SSSR count). The minimum absolute atomic E-state index is 0.00983. The first-order valence-corrected chi connectivity index (χ1v) is 9.70. The Balaban J connectivity index is 1.55. The second-order valence-electron chi connectivity index (χ2n) is 7.59. The molecule has 1 aliphatic rings. The molecule has 0 radical (unpaired) electrons. The molecule has 0 spiro atoms. The van der Waals surface area contributed by atoms with Crippen LogP contribution in [0.3, 0.4) is 0 Å². The van der Waals surface area contributed by atoms with Crippen LogP contribution in [0.1, 0.15) is 23.9 Å². The van der Waals surface area contributed by atoms with Crippen molar-refractivity contribution >= 4 is 11.6 Å². The molecular weight excluding hydrogens is 377 g/mol. The third kappa shape index (κ3) is 4.79. The van der Waals surface area contributed by atoms with Crippen LogP contribution >= 0.6 is 0 Å². The molecule has 9 heteroatoms. The van der Waals surface area contributed by atoms with Crippen molar-refractivity contribution in [3.05, 3.63) is 57.1 Å². The first kappa shape index (κ1) is 20.9. The summed E-state index contributed by atoms with van der Waals surface area (Å²) in [5.74, 6) is -0.553. The van der Waals surface area contributed by atoms with E-state index in [1.807, 2.05) is 17.9 Å². The van der Waals surface area contributed by atoms with Crippen LogP contribution in [0.2, 0.25) is 0 Å². The lowest BCUT2D eigenvalue weighted by molar-refractivity contribution is -0.386. The topological polar surface area (TPSA) is 84.5 Å². The van der Waals surface area contributed by atoms with Crippen molar-refractivity contribution in [3.63, 3.8) is 0 Å². The van der Waals surface area contributed by atoms with E-state index in [-0.39, 0.29) is 23.3 Å². The summed E-state index contributed by atoms with van der Waals surface area (Å²) in [7, 11) is 0. The van der Waals surface area contributed by atoms with Crippen LogP contribution in [0, 0.1) is 35.7 Å². The Hall–Kier alpha value is -2.81. The fraction of sp³-hybridized carbons (Fsp3) is 0.500. The summed E-state index contributed by atoms with van der Waals surface area (Å²) in [6, 6.07) is 6.57. The van der Waals surface area contributed by atoms with Crippen molar-refractivity contribution in [3.8, 4) is 0 Å². The molecule has 1 aliphatic heterocycles. The molecule has 1 aromatic heterocycles. The van der Waals surface area contributed by atoms with E-state index in [1.54, 1.807) is 24.6 Å². The van der Waals surface area contributed by atoms with E-state index in [2.05, 4.69) is 10.00 Å². The average Bonchev–Trinajstić information content (AvgIpc) is 2.95. The molecule has 2 heterocycles.